The van der Waals surface area contributed by atoms with Crippen molar-refractivity contribution in [2.45, 2.75) is 102 Å². The van der Waals surface area contributed by atoms with Crippen molar-refractivity contribution in [1.29, 1.82) is 0 Å². The lowest BCUT2D eigenvalue weighted by atomic mass is 9.95. The van der Waals surface area contributed by atoms with Crippen LogP contribution in [-0.4, -0.2) is 65.2 Å². The highest BCUT2D eigenvalue weighted by Gasteiger charge is 2.45. The van der Waals surface area contributed by atoms with Crippen LogP contribution in [0.2, 0.25) is 0 Å². The van der Waals surface area contributed by atoms with Gasteiger partial charge in [0.1, 0.15) is 0 Å². The summed E-state index contributed by atoms with van der Waals surface area (Å²) in [5, 5.41) is 18.7. The van der Waals surface area contributed by atoms with E-state index < -0.39 is 71.5 Å². The molecular formula is C22H36O13S. The van der Waals surface area contributed by atoms with E-state index in [1.165, 1.54) is 25.7 Å². The number of carboxylic acid groups (broad SMARTS) is 2. The van der Waals surface area contributed by atoms with Crippen molar-refractivity contribution >= 4 is 40.2 Å². The summed E-state index contributed by atoms with van der Waals surface area (Å²) in [5.41, 5.74) is -2.47. The van der Waals surface area contributed by atoms with Crippen LogP contribution in [0.4, 0.5) is 0 Å². The molecule has 0 aromatic heterocycles. The summed E-state index contributed by atoms with van der Waals surface area (Å²) in [7, 11) is -5.07. The van der Waals surface area contributed by atoms with Crippen LogP contribution in [0.15, 0.2) is 0 Å². The number of hydrogen-bond acceptors (Lipinski definition) is 10. The summed E-state index contributed by atoms with van der Waals surface area (Å²) < 4.78 is 42.5. The molecule has 0 bridgehead atoms. The second kappa shape index (κ2) is 17.8. The maximum atomic E-state index is 12.1. The molecule has 36 heavy (non-hydrogen) atoms. The lowest BCUT2D eigenvalue weighted by Gasteiger charge is -2.27. The van der Waals surface area contributed by atoms with Gasteiger partial charge in [-0.15, -0.1) is 0 Å². The van der Waals surface area contributed by atoms with Gasteiger partial charge in [0.25, 0.3) is 0 Å². The van der Waals surface area contributed by atoms with Gasteiger partial charge in [-0.2, -0.15) is 8.42 Å². The molecular weight excluding hydrogens is 504 g/mol. The zero-order valence-corrected chi connectivity index (χ0v) is 21.3. The Morgan fingerprint density at radius 2 is 1.22 bits per heavy atom. The molecule has 14 heteroatoms. The Kier molecular flexibility index (Phi) is 16.5. The minimum absolute atomic E-state index is 0.126. The van der Waals surface area contributed by atoms with Crippen molar-refractivity contribution in [1.82, 2.24) is 0 Å². The number of carboxylic acids is 2. The maximum absolute atomic E-state index is 12.1. The average Bonchev–Trinajstić information content (AvgIpc) is 2.74. The molecule has 0 aliphatic carbocycles. The molecule has 3 N–H and O–H groups in total. The highest BCUT2D eigenvalue weighted by Crippen LogP contribution is 2.24. The van der Waals surface area contributed by atoms with Gasteiger partial charge in [-0.3, -0.25) is 23.7 Å². The molecule has 13 nitrogen and oxygen atoms in total. The number of carbonyl (C=O) groups excluding carboxylic acids is 3. The number of unbranched alkanes of at least 4 members (excludes halogenated alkanes) is 9. The van der Waals surface area contributed by atoms with E-state index in [2.05, 4.69) is 15.8 Å². The average molecular weight is 541 g/mol. The van der Waals surface area contributed by atoms with Gasteiger partial charge in [-0.25, -0.2) is 4.79 Å². The number of carbonyl (C=O) groups is 5. The quantitative estimate of drug-likeness (QED) is 0.0829. The molecule has 0 fully saturated rings. The number of esters is 2. The molecule has 0 rings (SSSR count). The molecule has 0 amide bonds. The van der Waals surface area contributed by atoms with E-state index in [1.54, 1.807) is 0 Å². The predicted octanol–water partition coefficient (Wildman–Crippen LogP) is 2.81. The largest absolute Gasteiger partial charge is 0.481 e. The highest BCUT2D eigenvalue weighted by molar-refractivity contribution is 7.81. The van der Waals surface area contributed by atoms with Crippen molar-refractivity contribution in [3.05, 3.63) is 0 Å². The van der Waals surface area contributed by atoms with Crippen LogP contribution < -0.4 is 0 Å². The Bertz CT molecular complexity index is 837. The minimum atomic E-state index is -5.07. The number of hydrogen-bond donors (Lipinski definition) is 3. The van der Waals surface area contributed by atoms with Crippen LogP contribution in [0.25, 0.3) is 0 Å². The number of rotatable bonds is 21. The van der Waals surface area contributed by atoms with Gasteiger partial charge in [0, 0.05) is 6.61 Å². The third kappa shape index (κ3) is 16.9. The molecule has 0 spiro atoms. The van der Waals surface area contributed by atoms with Gasteiger partial charge in [0.15, 0.2) is 5.60 Å². The van der Waals surface area contributed by atoms with Crippen LogP contribution in [0, 0.1) is 0 Å². The summed E-state index contributed by atoms with van der Waals surface area (Å²) in [4.78, 5) is 58.0. The van der Waals surface area contributed by atoms with E-state index in [0.29, 0.717) is 6.42 Å². The van der Waals surface area contributed by atoms with Crippen LogP contribution in [0.5, 0.6) is 0 Å². The molecule has 0 saturated heterocycles. The molecule has 1 unspecified atom stereocenters. The smallest absolute Gasteiger partial charge is 0.448 e. The van der Waals surface area contributed by atoms with Gasteiger partial charge in [0.05, 0.1) is 25.7 Å². The third-order valence-corrected chi connectivity index (χ3v) is 5.49. The summed E-state index contributed by atoms with van der Waals surface area (Å²) in [6, 6.07) is 0. The van der Waals surface area contributed by atoms with Crippen molar-refractivity contribution in [3.8, 4) is 0 Å². The molecule has 208 valence electrons. The van der Waals surface area contributed by atoms with Crippen molar-refractivity contribution in [3.63, 3.8) is 0 Å². The van der Waals surface area contributed by atoms with Crippen molar-refractivity contribution in [2.75, 3.05) is 6.61 Å². The number of ether oxygens (including phenoxy) is 2. The molecule has 0 heterocycles. The van der Waals surface area contributed by atoms with E-state index in [9.17, 15) is 37.5 Å². The highest BCUT2D eigenvalue weighted by atomic mass is 32.3. The van der Waals surface area contributed by atoms with Gasteiger partial charge in [0.2, 0.25) is 0 Å². The second-order valence-corrected chi connectivity index (χ2v) is 9.33. The first-order valence-corrected chi connectivity index (χ1v) is 13.2. The molecule has 0 aliphatic heterocycles. The van der Waals surface area contributed by atoms with E-state index in [4.69, 9.17) is 14.4 Å². The van der Waals surface area contributed by atoms with E-state index in [0.717, 1.165) is 32.1 Å². The van der Waals surface area contributed by atoms with Crippen molar-refractivity contribution in [2.24, 2.45) is 0 Å². The second-order valence-electron chi connectivity index (χ2n) is 8.31. The lowest BCUT2D eigenvalue weighted by molar-refractivity contribution is -0.181. The Morgan fingerprint density at radius 1 is 0.722 bits per heavy atom. The summed E-state index contributed by atoms with van der Waals surface area (Å²) >= 11 is 0. The van der Waals surface area contributed by atoms with E-state index >= 15 is 0 Å². The van der Waals surface area contributed by atoms with Gasteiger partial charge in [-0.05, 0) is 6.42 Å². The van der Waals surface area contributed by atoms with Crippen LogP contribution >= 0.6 is 0 Å². The fourth-order valence-corrected chi connectivity index (χ4v) is 3.61. The van der Waals surface area contributed by atoms with Crippen LogP contribution in [0.3, 0.4) is 0 Å². The van der Waals surface area contributed by atoms with Gasteiger partial charge in [-0.1, -0.05) is 64.7 Å². The summed E-state index contributed by atoms with van der Waals surface area (Å²) in [5.74, 6) is -7.50. The third-order valence-electron chi connectivity index (χ3n) is 5.09. The number of aliphatic carboxylic acids is 2. The van der Waals surface area contributed by atoms with E-state index in [1.807, 2.05) is 0 Å². The summed E-state index contributed by atoms with van der Waals surface area (Å²) in [6.07, 6.45) is 6.31. The Morgan fingerprint density at radius 3 is 1.69 bits per heavy atom. The molecule has 1 atom stereocenters. The van der Waals surface area contributed by atoms with Crippen LogP contribution in [0.1, 0.15) is 96.8 Å². The zero-order chi connectivity index (χ0) is 27.6. The Balaban J connectivity index is 4.66. The van der Waals surface area contributed by atoms with E-state index in [-0.39, 0.29) is 6.61 Å². The Labute approximate surface area is 210 Å². The monoisotopic (exact) mass is 540 g/mol. The normalized spacial score (nSPS) is 12.9. The molecule has 0 aromatic rings. The SMILES string of the molecule is CCCCCCCCCCCCOC(CC(=O)O)(CC(=O)OC(=O)CCC(=O)OS(=O)(=O)O)C(=O)O. The maximum Gasteiger partial charge on any atom is 0.448 e. The first-order chi connectivity index (χ1) is 16.8. The first-order valence-electron chi connectivity index (χ1n) is 11.8. The fourth-order valence-electron chi connectivity index (χ4n) is 3.29. The predicted molar refractivity (Wildman–Crippen MR) is 123 cm³/mol. The molecule has 0 aliphatic rings. The fraction of sp³-hybridized carbons (Fsp3) is 0.773. The molecule has 0 aromatic carbocycles. The molecule has 0 radical (unpaired) electrons. The first kappa shape index (κ1) is 33.4. The van der Waals surface area contributed by atoms with Crippen LogP contribution in [-0.2, 0) is 48.0 Å². The van der Waals surface area contributed by atoms with Gasteiger partial charge >= 0.3 is 40.2 Å². The Hall–Kier alpha value is -2.58. The summed E-state index contributed by atoms with van der Waals surface area (Å²) in [6.45, 7) is 2.03. The zero-order valence-electron chi connectivity index (χ0n) is 20.4. The van der Waals surface area contributed by atoms with Gasteiger partial charge < -0.3 is 23.9 Å². The standard InChI is InChI=1S/C22H36O13S/c1-2-3-4-5-6-7-8-9-10-11-14-33-22(21(28)29,15-17(23)24)16-20(27)34-18(25)12-13-19(26)35-36(30,31)32/h2-16H2,1H3,(H,23,24)(H,28,29)(H,30,31,32). The lowest BCUT2D eigenvalue weighted by Crippen LogP contribution is -2.46. The molecule has 0 saturated carbocycles. The topological polar surface area (TPSA) is 208 Å². The van der Waals surface area contributed by atoms with Crippen molar-refractivity contribution < 1.29 is 60.8 Å². The minimum Gasteiger partial charge on any atom is -0.481 e.